The van der Waals surface area contributed by atoms with Gasteiger partial charge in [0, 0.05) is 17.3 Å². The number of carbonyl (C=O) groups is 1. The maximum absolute atomic E-state index is 12.6. The molecule has 0 spiro atoms. The van der Waals surface area contributed by atoms with Crippen LogP contribution in [0.25, 0.3) is 10.9 Å². The first kappa shape index (κ1) is 20.7. The lowest BCUT2D eigenvalue weighted by Gasteiger charge is -2.10. The van der Waals surface area contributed by atoms with Crippen molar-refractivity contribution in [3.05, 3.63) is 96.2 Å². The molecule has 1 aromatic heterocycles. The molecule has 4 rings (SSSR count). The summed E-state index contributed by atoms with van der Waals surface area (Å²) in [7, 11) is 0. The van der Waals surface area contributed by atoms with Gasteiger partial charge in [0.2, 0.25) is 5.91 Å². The molecule has 0 aliphatic rings. The molecule has 31 heavy (non-hydrogen) atoms. The zero-order valence-corrected chi connectivity index (χ0v) is 17.9. The van der Waals surface area contributed by atoms with Crippen molar-refractivity contribution < 1.29 is 9.53 Å². The second-order valence-electron chi connectivity index (χ2n) is 7.76. The number of nitrogens with zero attached hydrogens (tertiary/aromatic N) is 1. The molecule has 4 aromatic rings. The Morgan fingerprint density at radius 3 is 2.48 bits per heavy atom. The number of nitrogens with one attached hydrogen (secondary N) is 1. The van der Waals surface area contributed by atoms with Crippen LogP contribution in [0.5, 0.6) is 5.75 Å². The molecule has 0 unspecified atom stereocenters. The van der Waals surface area contributed by atoms with E-state index in [0.717, 1.165) is 34.3 Å². The Morgan fingerprint density at radius 2 is 1.71 bits per heavy atom. The van der Waals surface area contributed by atoms with Gasteiger partial charge in [-0.05, 0) is 54.3 Å². The maximum atomic E-state index is 12.6. The first-order chi connectivity index (χ1) is 15.2. The molecule has 0 saturated heterocycles. The van der Waals surface area contributed by atoms with E-state index in [4.69, 9.17) is 4.74 Å². The fourth-order valence-electron chi connectivity index (χ4n) is 3.69. The van der Waals surface area contributed by atoms with E-state index in [0.29, 0.717) is 6.61 Å². The van der Waals surface area contributed by atoms with E-state index in [1.165, 1.54) is 18.4 Å². The summed E-state index contributed by atoms with van der Waals surface area (Å²) in [5.74, 6) is 0.776. The van der Waals surface area contributed by atoms with Crippen LogP contribution in [0.2, 0.25) is 0 Å². The van der Waals surface area contributed by atoms with Gasteiger partial charge in [0.05, 0.1) is 5.52 Å². The number of hydrogen-bond donors (Lipinski definition) is 1. The van der Waals surface area contributed by atoms with E-state index >= 15 is 0 Å². The van der Waals surface area contributed by atoms with Crippen LogP contribution in [0.1, 0.15) is 30.9 Å². The lowest BCUT2D eigenvalue weighted by molar-refractivity contribution is -0.116. The third kappa shape index (κ3) is 5.34. The number of benzene rings is 3. The van der Waals surface area contributed by atoms with E-state index < -0.39 is 0 Å². The van der Waals surface area contributed by atoms with Crippen LogP contribution in [0.4, 0.5) is 5.69 Å². The fraction of sp³-hybridized carbons (Fsp3) is 0.222. The molecule has 1 amide bonds. The number of ether oxygens (including phenoxy) is 1. The number of aryl methyl sites for hydroxylation is 1. The molecule has 0 atom stereocenters. The molecule has 0 aliphatic carbocycles. The third-order valence-corrected chi connectivity index (χ3v) is 5.38. The summed E-state index contributed by atoms with van der Waals surface area (Å²) in [5, 5.41) is 4.00. The fourth-order valence-corrected chi connectivity index (χ4v) is 3.69. The van der Waals surface area contributed by atoms with Gasteiger partial charge in [0.1, 0.15) is 18.9 Å². The lowest BCUT2D eigenvalue weighted by Crippen LogP contribution is -2.18. The Balaban J connectivity index is 1.41. The summed E-state index contributed by atoms with van der Waals surface area (Å²) in [6, 6.07) is 26.2. The second kappa shape index (κ2) is 9.98. The number of hydrogen-bond acceptors (Lipinski definition) is 2. The average Bonchev–Trinajstić information content (AvgIpc) is 3.21. The van der Waals surface area contributed by atoms with Gasteiger partial charge in [-0.1, -0.05) is 61.9 Å². The van der Waals surface area contributed by atoms with E-state index in [2.05, 4.69) is 24.4 Å². The summed E-state index contributed by atoms with van der Waals surface area (Å²) >= 11 is 0. The van der Waals surface area contributed by atoms with Crippen molar-refractivity contribution in [1.82, 2.24) is 4.57 Å². The van der Waals surface area contributed by atoms with Crippen LogP contribution in [-0.4, -0.2) is 10.5 Å². The van der Waals surface area contributed by atoms with Gasteiger partial charge >= 0.3 is 0 Å². The number of amides is 1. The minimum Gasteiger partial charge on any atom is -0.488 e. The van der Waals surface area contributed by atoms with Crippen molar-refractivity contribution in [3.63, 3.8) is 0 Å². The standard InChI is InChI=1S/C27H28N2O2/c1-2-3-8-21-13-15-23(16-14-21)28-27(30)19-29-18-17-24-25(29)11-7-12-26(24)31-20-22-9-5-4-6-10-22/h4-7,9-18H,2-3,8,19-20H2,1H3,(H,28,30). The van der Waals surface area contributed by atoms with Gasteiger partial charge in [0.15, 0.2) is 0 Å². The Hall–Kier alpha value is -3.53. The van der Waals surface area contributed by atoms with Crippen molar-refractivity contribution in [3.8, 4) is 5.75 Å². The molecule has 4 heteroatoms. The van der Waals surface area contributed by atoms with Gasteiger partial charge in [-0.3, -0.25) is 4.79 Å². The van der Waals surface area contributed by atoms with Crippen LogP contribution < -0.4 is 10.1 Å². The zero-order valence-electron chi connectivity index (χ0n) is 17.9. The number of aromatic nitrogens is 1. The Bertz CT molecular complexity index is 1130. The monoisotopic (exact) mass is 412 g/mol. The molecular formula is C27H28N2O2. The average molecular weight is 413 g/mol. The molecule has 0 fully saturated rings. The van der Waals surface area contributed by atoms with Gasteiger partial charge < -0.3 is 14.6 Å². The highest BCUT2D eigenvalue weighted by molar-refractivity contribution is 5.93. The number of carbonyl (C=O) groups excluding carboxylic acids is 1. The van der Waals surface area contributed by atoms with Crippen molar-refractivity contribution in [2.24, 2.45) is 0 Å². The lowest BCUT2D eigenvalue weighted by atomic mass is 10.1. The molecular weight excluding hydrogens is 384 g/mol. The molecule has 1 N–H and O–H groups in total. The van der Waals surface area contributed by atoms with E-state index in [9.17, 15) is 4.79 Å². The van der Waals surface area contributed by atoms with E-state index in [-0.39, 0.29) is 12.5 Å². The zero-order chi connectivity index (χ0) is 21.5. The summed E-state index contributed by atoms with van der Waals surface area (Å²) < 4.78 is 8.00. The molecule has 0 aliphatic heterocycles. The molecule has 0 bridgehead atoms. The van der Waals surface area contributed by atoms with Gasteiger partial charge in [0.25, 0.3) is 0 Å². The number of anilines is 1. The second-order valence-corrected chi connectivity index (χ2v) is 7.76. The minimum atomic E-state index is -0.0468. The van der Waals surface area contributed by atoms with Gasteiger partial charge in [-0.2, -0.15) is 0 Å². The van der Waals surface area contributed by atoms with Gasteiger partial charge in [-0.25, -0.2) is 0 Å². The van der Waals surface area contributed by atoms with Crippen LogP contribution in [0.3, 0.4) is 0 Å². The van der Waals surface area contributed by atoms with E-state index in [1.54, 1.807) is 0 Å². The summed E-state index contributed by atoms with van der Waals surface area (Å²) in [6.07, 6.45) is 5.38. The Morgan fingerprint density at radius 1 is 0.903 bits per heavy atom. The van der Waals surface area contributed by atoms with Crippen molar-refractivity contribution in [2.45, 2.75) is 39.3 Å². The first-order valence-corrected chi connectivity index (χ1v) is 10.9. The molecule has 158 valence electrons. The summed E-state index contributed by atoms with van der Waals surface area (Å²) in [5.41, 5.74) is 4.24. The SMILES string of the molecule is CCCCc1ccc(NC(=O)Cn2ccc3c(OCc4ccccc4)cccc32)cc1. The highest BCUT2D eigenvalue weighted by Crippen LogP contribution is 2.27. The predicted molar refractivity (Wildman–Crippen MR) is 126 cm³/mol. The summed E-state index contributed by atoms with van der Waals surface area (Å²) in [6.45, 7) is 2.96. The number of rotatable bonds is 9. The smallest absolute Gasteiger partial charge is 0.244 e. The number of fused-ring (bicyclic) bond motifs is 1. The molecule has 4 nitrogen and oxygen atoms in total. The molecule has 1 heterocycles. The highest BCUT2D eigenvalue weighted by Gasteiger charge is 2.10. The predicted octanol–water partition coefficient (Wildman–Crippen LogP) is 6.20. The van der Waals surface area contributed by atoms with E-state index in [1.807, 2.05) is 77.5 Å². The van der Waals surface area contributed by atoms with Gasteiger partial charge in [-0.15, -0.1) is 0 Å². The minimum absolute atomic E-state index is 0.0468. The quantitative estimate of drug-likeness (QED) is 0.356. The van der Waals surface area contributed by atoms with Crippen LogP contribution in [0, 0.1) is 0 Å². The topological polar surface area (TPSA) is 43.3 Å². The normalized spacial score (nSPS) is 10.9. The Kier molecular flexibility index (Phi) is 6.68. The maximum Gasteiger partial charge on any atom is 0.244 e. The number of unbranched alkanes of at least 4 members (excludes halogenated alkanes) is 1. The van der Waals surface area contributed by atoms with Crippen molar-refractivity contribution in [1.29, 1.82) is 0 Å². The van der Waals surface area contributed by atoms with Crippen LogP contribution in [-0.2, 0) is 24.4 Å². The third-order valence-electron chi connectivity index (χ3n) is 5.38. The molecule has 0 radical (unpaired) electrons. The Labute approximate surface area is 183 Å². The molecule has 0 saturated carbocycles. The van der Waals surface area contributed by atoms with Crippen molar-refractivity contribution in [2.75, 3.05) is 5.32 Å². The van der Waals surface area contributed by atoms with Crippen LogP contribution >= 0.6 is 0 Å². The first-order valence-electron chi connectivity index (χ1n) is 10.9. The summed E-state index contributed by atoms with van der Waals surface area (Å²) in [4.78, 5) is 12.6. The molecule has 3 aromatic carbocycles. The highest BCUT2D eigenvalue weighted by atomic mass is 16.5. The largest absolute Gasteiger partial charge is 0.488 e. The van der Waals surface area contributed by atoms with Crippen LogP contribution in [0.15, 0.2) is 85.1 Å². The van der Waals surface area contributed by atoms with Crippen molar-refractivity contribution >= 4 is 22.5 Å².